The second kappa shape index (κ2) is 13.5. The summed E-state index contributed by atoms with van der Waals surface area (Å²) in [6.07, 6.45) is 3.65. The molecule has 9 nitrogen and oxygen atoms in total. The Morgan fingerprint density at radius 3 is 2.44 bits per heavy atom. The number of amides is 2. The number of aromatic nitrogens is 1. The van der Waals surface area contributed by atoms with Crippen molar-refractivity contribution in [2.75, 3.05) is 32.1 Å². The van der Waals surface area contributed by atoms with Crippen molar-refractivity contribution < 1.29 is 32.6 Å². The topological polar surface area (TPSA) is 111 Å². The lowest BCUT2D eigenvalue weighted by Crippen LogP contribution is -2.36. The fourth-order valence-electron chi connectivity index (χ4n) is 4.81. The molecular weight excluding hydrogens is 558 g/mol. The number of carbonyl (C=O) groups excluding carboxylic acids is 2. The van der Waals surface area contributed by atoms with Gasteiger partial charge in [0.05, 0.1) is 25.3 Å². The number of rotatable bonds is 9. The maximum atomic E-state index is 15.1. The lowest BCUT2D eigenvalue weighted by molar-refractivity contribution is -0.136. The van der Waals surface area contributed by atoms with Crippen LogP contribution in [0.5, 0.6) is 23.0 Å². The Balaban J connectivity index is 1.25. The molecule has 1 aromatic heterocycles. The molecule has 0 radical (unpaired) electrons. The first-order valence-corrected chi connectivity index (χ1v) is 14.0. The molecule has 2 amide bonds. The average Bonchev–Trinajstić information content (AvgIpc) is 3.01. The number of halogens is 2. The highest BCUT2D eigenvalue weighted by molar-refractivity contribution is 6.39. The van der Waals surface area contributed by atoms with Crippen molar-refractivity contribution >= 4 is 28.4 Å². The van der Waals surface area contributed by atoms with Crippen molar-refractivity contribution in [1.29, 1.82) is 0 Å². The number of nitrogens with one attached hydrogen (secondary N) is 3. The Morgan fingerprint density at radius 1 is 0.953 bits per heavy atom. The van der Waals surface area contributed by atoms with Gasteiger partial charge in [-0.3, -0.25) is 14.6 Å². The molecule has 4 aromatic rings. The average molecular weight is 591 g/mol. The van der Waals surface area contributed by atoms with Crippen molar-refractivity contribution in [2.24, 2.45) is 5.92 Å². The summed E-state index contributed by atoms with van der Waals surface area (Å²) in [6.45, 7) is 4.18. The van der Waals surface area contributed by atoms with Crippen LogP contribution in [0.2, 0.25) is 0 Å². The predicted octanol–water partition coefficient (Wildman–Crippen LogP) is 5.51. The number of hydrogen-bond donors (Lipinski definition) is 3. The van der Waals surface area contributed by atoms with Gasteiger partial charge in [0.15, 0.2) is 23.1 Å². The highest BCUT2D eigenvalue weighted by Crippen LogP contribution is 2.38. The maximum Gasteiger partial charge on any atom is 0.313 e. The summed E-state index contributed by atoms with van der Waals surface area (Å²) >= 11 is 0. The number of piperidine rings is 1. The molecule has 3 N–H and O–H groups in total. The fourth-order valence-corrected chi connectivity index (χ4v) is 4.81. The molecule has 1 aliphatic rings. The number of hydrogen-bond acceptors (Lipinski definition) is 7. The van der Waals surface area contributed by atoms with Gasteiger partial charge in [0.1, 0.15) is 11.6 Å². The predicted molar refractivity (Wildman–Crippen MR) is 157 cm³/mol. The molecule has 43 heavy (non-hydrogen) atoms. The van der Waals surface area contributed by atoms with Gasteiger partial charge in [0, 0.05) is 29.4 Å². The number of fused-ring (bicyclic) bond motifs is 1. The molecule has 11 heteroatoms. The molecule has 1 saturated heterocycles. The molecule has 1 aliphatic heterocycles. The lowest BCUT2D eigenvalue weighted by atomic mass is 9.99. The summed E-state index contributed by atoms with van der Waals surface area (Å²) in [5.41, 5.74) is 1.28. The third-order valence-electron chi connectivity index (χ3n) is 7.25. The van der Waals surface area contributed by atoms with Crippen LogP contribution in [0.25, 0.3) is 10.9 Å². The zero-order valence-corrected chi connectivity index (χ0v) is 23.8. The van der Waals surface area contributed by atoms with Crippen LogP contribution in [0.15, 0.2) is 66.9 Å². The van der Waals surface area contributed by atoms with E-state index in [2.05, 4.69) is 20.9 Å². The number of ether oxygens (including phenoxy) is 3. The molecule has 3 aromatic carbocycles. The third kappa shape index (κ3) is 7.36. The Bertz CT molecular complexity index is 1610. The summed E-state index contributed by atoms with van der Waals surface area (Å²) < 4.78 is 45.8. The summed E-state index contributed by atoms with van der Waals surface area (Å²) in [5, 5.41) is 8.84. The molecule has 1 fully saturated rings. The Hall–Kier alpha value is -4.77. The Kier molecular flexibility index (Phi) is 9.31. The normalized spacial score (nSPS) is 14.1. The largest absolute Gasteiger partial charge is 0.493 e. The van der Waals surface area contributed by atoms with Crippen LogP contribution in [0.3, 0.4) is 0 Å². The summed E-state index contributed by atoms with van der Waals surface area (Å²) in [6, 6.07) is 14.0. The standard InChI is InChI=1S/C32H32F2N4O5/c1-19(21-3-5-22(33)6-4-21)37-31(39)32(40)38-23-7-8-28(25(34)15-23)43-27-11-14-36-26-17-30(29(41-2)16-24(26)27)42-18-20-9-12-35-13-10-20/h3-8,11,14-17,19-20,35H,9-10,12-13,18H2,1-2H3,(H,37,39)(H,38,40). The van der Waals surface area contributed by atoms with Gasteiger partial charge in [-0.15, -0.1) is 0 Å². The SMILES string of the molecule is COc1cc2c(Oc3ccc(NC(=O)C(=O)NC(C)c4ccc(F)cc4)cc3F)ccnc2cc1OCC1CCNCC1. The lowest BCUT2D eigenvalue weighted by Gasteiger charge is -2.23. The minimum absolute atomic E-state index is 0.0660. The van der Waals surface area contributed by atoms with E-state index in [1.807, 2.05) is 0 Å². The maximum absolute atomic E-state index is 15.1. The number of nitrogens with zero attached hydrogens (tertiary/aromatic N) is 1. The number of carbonyl (C=O) groups is 2. The quantitative estimate of drug-likeness (QED) is 0.221. The first-order valence-electron chi connectivity index (χ1n) is 14.0. The molecule has 1 atom stereocenters. The highest BCUT2D eigenvalue weighted by atomic mass is 19.1. The second-order valence-corrected chi connectivity index (χ2v) is 10.3. The van der Waals surface area contributed by atoms with Gasteiger partial charge in [-0.25, -0.2) is 8.78 Å². The molecule has 2 heterocycles. The minimum atomic E-state index is -0.979. The molecule has 224 valence electrons. The van der Waals surface area contributed by atoms with Crippen LogP contribution in [0.1, 0.15) is 31.4 Å². The van der Waals surface area contributed by atoms with E-state index in [0.29, 0.717) is 46.2 Å². The van der Waals surface area contributed by atoms with Gasteiger partial charge >= 0.3 is 11.8 Å². The van der Waals surface area contributed by atoms with Crippen molar-refractivity contribution in [2.45, 2.75) is 25.8 Å². The Morgan fingerprint density at radius 2 is 1.72 bits per heavy atom. The van der Waals surface area contributed by atoms with E-state index in [-0.39, 0.29) is 11.4 Å². The number of pyridine rings is 1. The fraction of sp³-hybridized carbons (Fsp3) is 0.281. The van der Waals surface area contributed by atoms with Crippen molar-refractivity contribution in [3.05, 3.63) is 84.1 Å². The van der Waals surface area contributed by atoms with Gasteiger partial charge in [-0.05, 0) is 80.7 Å². The summed E-state index contributed by atoms with van der Waals surface area (Å²) in [7, 11) is 1.55. The van der Waals surface area contributed by atoms with Crippen LogP contribution in [0.4, 0.5) is 14.5 Å². The van der Waals surface area contributed by atoms with E-state index in [1.165, 1.54) is 36.4 Å². The Labute approximate surface area is 247 Å². The molecular formula is C32H32F2N4O5. The summed E-state index contributed by atoms with van der Waals surface area (Å²) in [5.74, 6) is -1.28. The van der Waals surface area contributed by atoms with Gasteiger partial charge in [0.25, 0.3) is 0 Å². The number of methoxy groups -OCH3 is 1. The van der Waals surface area contributed by atoms with Gasteiger partial charge < -0.3 is 30.2 Å². The third-order valence-corrected chi connectivity index (χ3v) is 7.25. The smallest absolute Gasteiger partial charge is 0.313 e. The van der Waals surface area contributed by atoms with Crippen molar-refractivity contribution in [3.8, 4) is 23.0 Å². The van der Waals surface area contributed by atoms with E-state index < -0.39 is 29.5 Å². The molecule has 5 rings (SSSR count). The first kappa shape index (κ1) is 29.7. The zero-order chi connectivity index (χ0) is 30.3. The van der Waals surface area contributed by atoms with Crippen LogP contribution >= 0.6 is 0 Å². The van der Waals surface area contributed by atoms with Gasteiger partial charge in [-0.1, -0.05) is 12.1 Å². The monoisotopic (exact) mass is 590 g/mol. The van der Waals surface area contributed by atoms with Crippen molar-refractivity contribution in [3.63, 3.8) is 0 Å². The van der Waals surface area contributed by atoms with Gasteiger partial charge in [-0.2, -0.15) is 0 Å². The molecule has 0 aliphatic carbocycles. The number of anilines is 1. The van der Waals surface area contributed by atoms with E-state index in [4.69, 9.17) is 14.2 Å². The molecule has 0 bridgehead atoms. The van der Waals surface area contributed by atoms with E-state index in [0.717, 1.165) is 32.0 Å². The first-order chi connectivity index (χ1) is 20.8. The van der Waals surface area contributed by atoms with Gasteiger partial charge in [0.2, 0.25) is 0 Å². The summed E-state index contributed by atoms with van der Waals surface area (Å²) in [4.78, 5) is 29.2. The van der Waals surface area contributed by atoms with E-state index in [1.54, 1.807) is 38.4 Å². The van der Waals surface area contributed by atoms with Crippen LogP contribution < -0.4 is 30.2 Å². The van der Waals surface area contributed by atoms with Crippen molar-refractivity contribution in [1.82, 2.24) is 15.6 Å². The van der Waals surface area contributed by atoms with Crippen LogP contribution in [0, 0.1) is 17.6 Å². The van der Waals surface area contributed by atoms with Crippen LogP contribution in [-0.4, -0.2) is 43.6 Å². The second-order valence-electron chi connectivity index (χ2n) is 10.3. The highest BCUT2D eigenvalue weighted by Gasteiger charge is 2.20. The van der Waals surface area contributed by atoms with E-state index >= 15 is 4.39 Å². The molecule has 1 unspecified atom stereocenters. The molecule has 0 saturated carbocycles. The van der Waals surface area contributed by atoms with E-state index in [9.17, 15) is 14.0 Å². The minimum Gasteiger partial charge on any atom is -0.493 e. The molecule has 0 spiro atoms. The zero-order valence-electron chi connectivity index (χ0n) is 23.8. The van der Waals surface area contributed by atoms with Crippen LogP contribution in [-0.2, 0) is 9.59 Å². The number of benzene rings is 3.